The molecule has 2 heteroatoms. The Hall–Kier alpha value is -3.52. The van der Waals surface area contributed by atoms with Gasteiger partial charge in [-0.25, -0.2) is 0 Å². The molecule has 0 saturated carbocycles. The highest BCUT2D eigenvalue weighted by atomic mass is 16.3. The number of aromatic nitrogens is 1. The molecule has 1 aliphatic heterocycles. The van der Waals surface area contributed by atoms with Crippen molar-refractivity contribution in [2.45, 2.75) is 6.54 Å². The van der Waals surface area contributed by atoms with Crippen molar-refractivity contribution in [3.05, 3.63) is 84.4 Å². The van der Waals surface area contributed by atoms with Crippen LogP contribution in [0.25, 0.3) is 54.9 Å². The Morgan fingerprint density at radius 2 is 1.48 bits per heavy atom. The molecule has 0 amide bonds. The van der Waals surface area contributed by atoms with Crippen LogP contribution >= 0.6 is 0 Å². The molecule has 0 unspecified atom stereocenters. The maximum atomic E-state index is 6.41. The molecule has 126 valence electrons. The van der Waals surface area contributed by atoms with E-state index in [9.17, 15) is 0 Å². The van der Waals surface area contributed by atoms with Gasteiger partial charge in [-0.05, 0) is 29.3 Å². The predicted octanol–water partition coefficient (Wildman–Crippen LogP) is 6.72. The van der Waals surface area contributed by atoms with Crippen LogP contribution in [0.3, 0.4) is 0 Å². The summed E-state index contributed by atoms with van der Waals surface area (Å²) < 4.78 is 8.86. The zero-order valence-corrected chi connectivity index (χ0v) is 14.6. The second-order valence-corrected chi connectivity index (χ2v) is 7.38. The summed E-state index contributed by atoms with van der Waals surface area (Å²) in [5.74, 6) is 0. The summed E-state index contributed by atoms with van der Waals surface area (Å²) in [5, 5.41) is 5.01. The van der Waals surface area contributed by atoms with Gasteiger partial charge >= 0.3 is 0 Å². The lowest BCUT2D eigenvalue weighted by atomic mass is 9.93. The van der Waals surface area contributed by atoms with E-state index in [1.807, 2.05) is 6.07 Å². The van der Waals surface area contributed by atoms with Crippen molar-refractivity contribution >= 4 is 43.7 Å². The number of furan rings is 1. The van der Waals surface area contributed by atoms with E-state index in [-0.39, 0.29) is 0 Å². The molecule has 4 aromatic carbocycles. The first kappa shape index (κ1) is 13.7. The fourth-order valence-electron chi connectivity index (χ4n) is 4.88. The molecule has 0 aliphatic carbocycles. The fourth-order valence-corrected chi connectivity index (χ4v) is 4.88. The largest absolute Gasteiger partial charge is 0.455 e. The molecule has 0 spiro atoms. The molecular weight excluding hydrogens is 330 g/mol. The number of fused-ring (bicyclic) bond motifs is 9. The van der Waals surface area contributed by atoms with Crippen LogP contribution < -0.4 is 0 Å². The lowest BCUT2D eigenvalue weighted by Gasteiger charge is -2.20. The van der Waals surface area contributed by atoms with E-state index < -0.39 is 0 Å². The molecule has 3 heterocycles. The summed E-state index contributed by atoms with van der Waals surface area (Å²) in [5.41, 5.74) is 8.41. The molecule has 2 aromatic heterocycles. The average molecular weight is 345 g/mol. The number of hydrogen-bond acceptors (Lipinski definition) is 1. The molecule has 2 nitrogen and oxygen atoms in total. The second kappa shape index (κ2) is 4.60. The first-order valence-corrected chi connectivity index (χ1v) is 9.33. The number of nitrogens with zero attached hydrogens (tertiary/aromatic N) is 1. The van der Waals surface area contributed by atoms with Crippen LogP contribution in [-0.4, -0.2) is 4.57 Å². The van der Waals surface area contributed by atoms with Crippen molar-refractivity contribution in [2.75, 3.05) is 0 Å². The summed E-state index contributed by atoms with van der Waals surface area (Å²) in [6.07, 6.45) is 0. The normalized spacial score (nSPS) is 13.0. The summed E-state index contributed by atoms with van der Waals surface area (Å²) in [6.45, 7) is 0.902. The van der Waals surface area contributed by atoms with Crippen LogP contribution in [0.15, 0.2) is 83.3 Å². The molecule has 7 rings (SSSR count). The number of benzene rings is 4. The van der Waals surface area contributed by atoms with Crippen LogP contribution in [0.5, 0.6) is 0 Å². The quantitative estimate of drug-likeness (QED) is 0.298. The van der Waals surface area contributed by atoms with Crippen molar-refractivity contribution in [1.82, 2.24) is 4.57 Å². The maximum Gasteiger partial charge on any atom is 0.145 e. The van der Waals surface area contributed by atoms with E-state index in [4.69, 9.17) is 4.42 Å². The second-order valence-electron chi connectivity index (χ2n) is 7.38. The molecule has 0 saturated heterocycles. The van der Waals surface area contributed by atoms with Crippen LogP contribution in [0.2, 0.25) is 0 Å². The van der Waals surface area contributed by atoms with Gasteiger partial charge in [0, 0.05) is 39.2 Å². The van der Waals surface area contributed by atoms with Gasteiger partial charge < -0.3 is 8.98 Å². The lowest BCUT2D eigenvalue weighted by Crippen LogP contribution is -2.07. The number of hydrogen-bond donors (Lipinski definition) is 0. The third kappa shape index (κ3) is 1.57. The van der Waals surface area contributed by atoms with Crippen molar-refractivity contribution in [3.63, 3.8) is 0 Å². The smallest absolute Gasteiger partial charge is 0.145 e. The first-order chi connectivity index (χ1) is 13.4. The van der Waals surface area contributed by atoms with Crippen LogP contribution in [-0.2, 0) is 6.54 Å². The van der Waals surface area contributed by atoms with Crippen molar-refractivity contribution in [1.29, 1.82) is 0 Å². The van der Waals surface area contributed by atoms with Gasteiger partial charge in [0.25, 0.3) is 0 Å². The Morgan fingerprint density at radius 1 is 0.704 bits per heavy atom. The van der Waals surface area contributed by atoms with Crippen molar-refractivity contribution in [3.8, 4) is 11.1 Å². The lowest BCUT2D eigenvalue weighted by molar-refractivity contribution is 0.669. The maximum absolute atomic E-state index is 6.41. The minimum Gasteiger partial charge on any atom is -0.455 e. The third-order valence-corrected chi connectivity index (χ3v) is 6.01. The Morgan fingerprint density at radius 3 is 2.44 bits per heavy atom. The average Bonchev–Trinajstić information content (AvgIpc) is 3.25. The standard InChI is InChI=1S/C25H15NO/c1-2-8-16-15(7-1)14-26-21-11-5-3-9-17(21)19-13-20-18-10-4-6-12-22(18)27-25(20)23(16)24(19)26/h1-13H,14H2. The molecule has 27 heavy (non-hydrogen) atoms. The van der Waals surface area contributed by atoms with E-state index in [0.29, 0.717) is 0 Å². The highest BCUT2D eigenvalue weighted by Crippen LogP contribution is 2.47. The first-order valence-electron chi connectivity index (χ1n) is 9.33. The van der Waals surface area contributed by atoms with Gasteiger partial charge in [0.15, 0.2) is 0 Å². The van der Waals surface area contributed by atoms with Crippen LogP contribution in [0.1, 0.15) is 5.56 Å². The Bertz CT molecular complexity index is 1550. The van der Waals surface area contributed by atoms with Gasteiger partial charge in [-0.3, -0.25) is 0 Å². The van der Waals surface area contributed by atoms with Gasteiger partial charge in [-0.15, -0.1) is 0 Å². The fraction of sp³-hybridized carbons (Fsp3) is 0.0400. The SMILES string of the molecule is c1ccc2c(c1)Cn1c3ccccc3c3cc4c(oc5ccccc54)c-2c31. The summed E-state index contributed by atoms with van der Waals surface area (Å²) in [7, 11) is 0. The monoisotopic (exact) mass is 345 g/mol. The van der Waals surface area contributed by atoms with Crippen molar-refractivity contribution in [2.24, 2.45) is 0 Å². The van der Waals surface area contributed by atoms with Gasteiger partial charge in [-0.1, -0.05) is 60.7 Å². The van der Waals surface area contributed by atoms with E-state index in [2.05, 4.69) is 77.4 Å². The summed E-state index contributed by atoms with van der Waals surface area (Å²) in [4.78, 5) is 0. The van der Waals surface area contributed by atoms with E-state index >= 15 is 0 Å². The number of para-hydroxylation sites is 2. The Kier molecular flexibility index (Phi) is 2.33. The molecular formula is C25H15NO. The van der Waals surface area contributed by atoms with Crippen LogP contribution in [0, 0.1) is 0 Å². The minimum absolute atomic E-state index is 0.902. The Labute approximate surface area is 155 Å². The molecule has 0 N–H and O–H groups in total. The predicted molar refractivity (Wildman–Crippen MR) is 111 cm³/mol. The number of rotatable bonds is 0. The zero-order chi connectivity index (χ0) is 17.5. The topological polar surface area (TPSA) is 18.1 Å². The molecule has 0 bridgehead atoms. The molecule has 1 aliphatic rings. The van der Waals surface area contributed by atoms with E-state index in [0.717, 1.165) is 17.7 Å². The molecule has 0 atom stereocenters. The Balaban J connectivity index is 1.85. The third-order valence-electron chi connectivity index (χ3n) is 6.01. The van der Waals surface area contributed by atoms with Gasteiger partial charge in [0.1, 0.15) is 11.2 Å². The van der Waals surface area contributed by atoms with Gasteiger partial charge in [0.05, 0.1) is 5.52 Å². The van der Waals surface area contributed by atoms with E-state index in [1.165, 1.54) is 49.3 Å². The van der Waals surface area contributed by atoms with Gasteiger partial charge in [-0.2, -0.15) is 0 Å². The summed E-state index contributed by atoms with van der Waals surface area (Å²) >= 11 is 0. The molecule has 0 fully saturated rings. The van der Waals surface area contributed by atoms with Gasteiger partial charge in [0.2, 0.25) is 0 Å². The zero-order valence-electron chi connectivity index (χ0n) is 14.6. The molecule has 6 aromatic rings. The minimum atomic E-state index is 0.902. The van der Waals surface area contributed by atoms with E-state index in [1.54, 1.807) is 0 Å². The van der Waals surface area contributed by atoms with Crippen LogP contribution in [0.4, 0.5) is 0 Å². The molecule has 0 radical (unpaired) electrons. The van der Waals surface area contributed by atoms with Crippen molar-refractivity contribution < 1.29 is 4.42 Å². The highest BCUT2D eigenvalue weighted by Gasteiger charge is 2.26. The summed E-state index contributed by atoms with van der Waals surface area (Å²) in [6, 6.07) is 28.1. The highest BCUT2D eigenvalue weighted by molar-refractivity contribution is 6.24.